The van der Waals surface area contributed by atoms with Gasteiger partial charge in [0, 0.05) is 40.3 Å². The molecule has 0 saturated heterocycles. The summed E-state index contributed by atoms with van der Waals surface area (Å²) in [6, 6.07) is 55.5. The molecule has 0 N–H and O–H groups in total. The van der Waals surface area contributed by atoms with E-state index in [9.17, 15) is 0 Å². The molecule has 0 aliphatic carbocycles. The summed E-state index contributed by atoms with van der Waals surface area (Å²) < 4.78 is 3.40. The fraction of sp³-hybridized carbons (Fsp3) is 0. The first-order valence-corrected chi connectivity index (χ1v) is 19.0. The fourth-order valence-corrected chi connectivity index (χ4v) is 6.74. The van der Waals surface area contributed by atoms with Crippen molar-refractivity contribution in [2.24, 2.45) is 0 Å². The predicted octanol–water partition coefficient (Wildman–Crippen LogP) is 12.5. The van der Waals surface area contributed by atoms with E-state index in [-0.39, 0.29) is 5.28 Å². The highest BCUT2D eigenvalue weighted by Gasteiger charge is 2.12. The smallest absolute Gasteiger partial charge is 0.208 e. The van der Waals surface area contributed by atoms with Gasteiger partial charge in [-0.05, 0) is 64.5 Å². The topological polar surface area (TPSA) is 77.3 Å². The van der Waals surface area contributed by atoms with Crippen LogP contribution in [0.25, 0.3) is 56.9 Å². The summed E-state index contributed by atoms with van der Waals surface area (Å²) >= 11 is 15.1. The minimum absolute atomic E-state index is 0.202. The molecular weight excluding hydrogens is 911 g/mol. The largest absolute Gasteiger partial charge is 0.226 e. The lowest BCUT2D eigenvalue weighted by Gasteiger charge is -2.08. The second-order valence-electron chi connectivity index (χ2n) is 11.0. The lowest BCUT2D eigenvalue weighted by Crippen LogP contribution is -2.00. The summed E-state index contributed by atoms with van der Waals surface area (Å²) in [7, 11) is 0. The van der Waals surface area contributed by atoms with Crippen LogP contribution in [0.1, 0.15) is 0 Å². The standard InChI is InChI=1S/C21H14BrN3.C15H10ClN3.C6H4BrI/c22-18-13-7-12-17(14-18)21-24-19(15-8-3-1-4-9-15)23-20(25-21)16-10-5-2-6-11-16;16-15-18-13(11-7-3-1-4-8-11)17-14(19-15)12-9-5-2-6-10-12;7-5-2-1-3-6(8)4-5/h1-14H;1-10H;1-4H. The Bertz CT molecular complexity index is 2220. The zero-order valence-electron chi connectivity index (χ0n) is 27.4. The van der Waals surface area contributed by atoms with Gasteiger partial charge < -0.3 is 0 Å². The molecule has 8 aromatic rings. The van der Waals surface area contributed by atoms with Crippen molar-refractivity contribution in [1.82, 2.24) is 29.9 Å². The lowest BCUT2D eigenvalue weighted by atomic mass is 10.1. The van der Waals surface area contributed by atoms with Gasteiger partial charge in [0.15, 0.2) is 29.1 Å². The summed E-state index contributed by atoms with van der Waals surface area (Å²) in [5, 5.41) is 0.202. The SMILES string of the molecule is Brc1cccc(-c2nc(-c3ccccc3)nc(-c3ccccc3)n2)c1.Brc1cccc(I)c1.Clc1nc(-c2ccccc2)nc(-c2ccccc2)n1. The van der Waals surface area contributed by atoms with Crippen LogP contribution >= 0.6 is 66.1 Å². The Morgan fingerprint density at radius 1 is 0.346 bits per heavy atom. The maximum Gasteiger partial charge on any atom is 0.226 e. The van der Waals surface area contributed by atoms with Crippen molar-refractivity contribution in [3.8, 4) is 56.9 Å². The van der Waals surface area contributed by atoms with Crippen molar-refractivity contribution in [1.29, 1.82) is 0 Å². The molecular formula is C42H28Br2ClIN6. The van der Waals surface area contributed by atoms with Crippen LogP contribution in [0.4, 0.5) is 0 Å². The van der Waals surface area contributed by atoms with Gasteiger partial charge in [-0.3, -0.25) is 0 Å². The van der Waals surface area contributed by atoms with Gasteiger partial charge in [-0.2, -0.15) is 9.97 Å². The fourth-order valence-electron chi connectivity index (χ4n) is 4.81. The van der Waals surface area contributed by atoms with Crippen molar-refractivity contribution in [3.63, 3.8) is 0 Å². The number of hydrogen-bond donors (Lipinski definition) is 0. The second-order valence-corrected chi connectivity index (χ2v) is 14.4. The molecule has 0 radical (unpaired) electrons. The van der Waals surface area contributed by atoms with Crippen molar-refractivity contribution in [2.45, 2.75) is 0 Å². The molecule has 2 heterocycles. The first-order chi connectivity index (χ1) is 25.4. The Labute approximate surface area is 337 Å². The van der Waals surface area contributed by atoms with E-state index in [0.717, 1.165) is 36.8 Å². The van der Waals surface area contributed by atoms with Gasteiger partial charge in [0.25, 0.3) is 0 Å². The minimum Gasteiger partial charge on any atom is -0.208 e. The maximum absolute atomic E-state index is 5.99. The highest BCUT2D eigenvalue weighted by molar-refractivity contribution is 14.1. The highest BCUT2D eigenvalue weighted by atomic mass is 127. The molecule has 2 aromatic heterocycles. The molecule has 6 aromatic carbocycles. The summed E-state index contributed by atoms with van der Waals surface area (Å²) in [5.74, 6) is 3.17. The van der Waals surface area contributed by atoms with Crippen LogP contribution in [-0.4, -0.2) is 29.9 Å². The highest BCUT2D eigenvalue weighted by Crippen LogP contribution is 2.26. The quantitative estimate of drug-likeness (QED) is 0.160. The van der Waals surface area contributed by atoms with E-state index < -0.39 is 0 Å². The van der Waals surface area contributed by atoms with Crippen LogP contribution in [0.2, 0.25) is 5.28 Å². The Morgan fingerprint density at radius 2 is 0.654 bits per heavy atom. The van der Waals surface area contributed by atoms with Gasteiger partial charge in [0.05, 0.1) is 0 Å². The number of aromatic nitrogens is 6. The van der Waals surface area contributed by atoms with E-state index >= 15 is 0 Å². The van der Waals surface area contributed by atoms with Gasteiger partial charge in [-0.1, -0.05) is 171 Å². The van der Waals surface area contributed by atoms with E-state index in [4.69, 9.17) is 21.6 Å². The van der Waals surface area contributed by atoms with Crippen LogP contribution in [0.5, 0.6) is 0 Å². The van der Waals surface area contributed by atoms with E-state index in [1.54, 1.807) is 0 Å². The zero-order valence-corrected chi connectivity index (χ0v) is 33.4. The van der Waals surface area contributed by atoms with E-state index in [0.29, 0.717) is 29.1 Å². The molecule has 254 valence electrons. The van der Waals surface area contributed by atoms with Crippen LogP contribution in [-0.2, 0) is 0 Å². The molecule has 10 heteroatoms. The maximum atomic E-state index is 5.99. The predicted molar refractivity (Wildman–Crippen MR) is 226 cm³/mol. The van der Waals surface area contributed by atoms with Crippen molar-refractivity contribution >= 4 is 66.1 Å². The summed E-state index contributed by atoms with van der Waals surface area (Å²) in [6.45, 7) is 0. The molecule has 0 saturated carbocycles. The third kappa shape index (κ3) is 10.7. The number of hydrogen-bond acceptors (Lipinski definition) is 6. The van der Waals surface area contributed by atoms with E-state index in [1.807, 2.05) is 158 Å². The number of rotatable bonds is 5. The zero-order chi connectivity index (χ0) is 36.1. The molecule has 6 nitrogen and oxygen atoms in total. The molecule has 0 amide bonds. The molecule has 0 bridgehead atoms. The third-order valence-corrected chi connectivity index (χ3v) is 9.07. The van der Waals surface area contributed by atoms with Crippen LogP contribution in [0.3, 0.4) is 0 Å². The number of nitrogens with zero attached hydrogens (tertiary/aromatic N) is 6. The van der Waals surface area contributed by atoms with Gasteiger partial charge in [-0.15, -0.1) is 0 Å². The van der Waals surface area contributed by atoms with Crippen molar-refractivity contribution in [3.05, 3.63) is 188 Å². The third-order valence-electron chi connectivity index (χ3n) is 7.24. The summed E-state index contributed by atoms with van der Waals surface area (Å²) in [5.41, 5.74) is 4.73. The van der Waals surface area contributed by atoms with Gasteiger partial charge in [0.1, 0.15) is 0 Å². The molecule has 0 atom stereocenters. The van der Waals surface area contributed by atoms with Crippen molar-refractivity contribution in [2.75, 3.05) is 0 Å². The molecule has 0 spiro atoms. The molecule has 0 unspecified atom stereocenters. The first-order valence-electron chi connectivity index (χ1n) is 16.0. The van der Waals surface area contributed by atoms with Gasteiger partial charge in [-0.25, -0.2) is 19.9 Å². The number of halogens is 4. The molecule has 0 aliphatic heterocycles. The van der Waals surface area contributed by atoms with Crippen molar-refractivity contribution < 1.29 is 0 Å². The molecule has 0 fully saturated rings. The Morgan fingerprint density at radius 3 is 0.981 bits per heavy atom. The molecule has 8 rings (SSSR count). The van der Waals surface area contributed by atoms with Crippen LogP contribution in [0, 0.1) is 3.57 Å². The van der Waals surface area contributed by atoms with E-state index in [2.05, 4.69) is 86.5 Å². The summed E-state index contributed by atoms with van der Waals surface area (Å²) in [6.07, 6.45) is 0. The second kappa shape index (κ2) is 18.7. The van der Waals surface area contributed by atoms with Crippen LogP contribution < -0.4 is 0 Å². The Balaban J connectivity index is 0.000000151. The normalized spacial score (nSPS) is 10.3. The first kappa shape index (κ1) is 37.1. The molecule has 0 aliphatic rings. The average molecular weight is 939 g/mol. The van der Waals surface area contributed by atoms with Gasteiger partial charge in [0.2, 0.25) is 5.28 Å². The minimum atomic E-state index is 0.202. The monoisotopic (exact) mass is 936 g/mol. The Kier molecular flexibility index (Phi) is 13.3. The lowest BCUT2D eigenvalue weighted by molar-refractivity contribution is 1.07. The average Bonchev–Trinajstić information content (AvgIpc) is 3.19. The van der Waals surface area contributed by atoms with Crippen LogP contribution in [0.15, 0.2) is 179 Å². The van der Waals surface area contributed by atoms with E-state index in [1.165, 1.54) is 3.57 Å². The Hall–Kier alpha value is -4.68. The molecule has 52 heavy (non-hydrogen) atoms. The number of benzene rings is 6. The van der Waals surface area contributed by atoms with Gasteiger partial charge >= 0.3 is 0 Å². The summed E-state index contributed by atoms with van der Waals surface area (Å²) in [4.78, 5) is 26.9.